The Hall–Kier alpha value is -2.09. The average Bonchev–Trinajstić information content (AvgIpc) is 3.50. The third-order valence-electron chi connectivity index (χ3n) is 7.26. The topological polar surface area (TPSA) is 66.9 Å². The molecule has 2 aromatic carbocycles. The first-order valence-corrected chi connectivity index (χ1v) is 13.5. The van der Waals surface area contributed by atoms with Crippen molar-refractivity contribution in [1.29, 1.82) is 0 Å². The van der Waals surface area contributed by atoms with Crippen LogP contribution in [0, 0.1) is 0 Å². The summed E-state index contributed by atoms with van der Waals surface area (Å²) in [5, 5.41) is 0.479. The van der Waals surface area contributed by atoms with Crippen LogP contribution in [0.4, 0.5) is 0 Å². The molecule has 2 aliphatic heterocycles. The lowest BCUT2D eigenvalue weighted by Gasteiger charge is -2.39. The summed E-state index contributed by atoms with van der Waals surface area (Å²) in [5.41, 5.74) is 2.51. The van der Waals surface area contributed by atoms with Crippen LogP contribution in [0.3, 0.4) is 0 Å². The van der Waals surface area contributed by atoms with Crippen LogP contribution in [0.2, 0.25) is 5.02 Å². The van der Waals surface area contributed by atoms with Crippen molar-refractivity contribution in [2.24, 2.45) is 0 Å². The van der Waals surface area contributed by atoms with Gasteiger partial charge in [-0.25, -0.2) is 8.42 Å². The van der Waals surface area contributed by atoms with E-state index in [2.05, 4.69) is 17.0 Å². The summed E-state index contributed by atoms with van der Waals surface area (Å²) in [4.78, 5) is 18.0. The lowest BCUT2D eigenvalue weighted by atomic mass is 10.0. The van der Waals surface area contributed by atoms with Crippen molar-refractivity contribution in [3.63, 3.8) is 0 Å². The molecule has 0 unspecified atom stereocenters. The van der Waals surface area contributed by atoms with Gasteiger partial charge in [-0.2, -0.15) is 0 Å². The fraction of sp³-hybridized carbons (Fsp3) is 0.480. The highest BCUT2D eigenvalue weighted by molar-refractivity contribution is 7.93. The fourth-order valence-corrected chi connectivity index (χ4v) is 7.63. The van der Waals surface area contributed by atoms with Gasteiger partial charge in [0.1, 0.15) is 5.75 Å². The second kappa shape index (κ2) is 8.93. The molecule has 0 aromatic heterocycles. The number of hydrogen-bond acceptors (Lipinski definition) is 5. The van der Waals surface area contributed by atoms with Crippen LogP contribution in [-0.2, 0) is 27.6 Å². The number of ether oxygens (including phenoxy) is 1. The van der Waals surface area contributed by atoms with Crippen molar-refractivity contribution in [1.82, 2.24) is 9.80 Å². The van der Waals surface area contributed by atoms with Crippen LogP contribution in [0.1, 0.15) is 36.8 Å². The molecule has 5 rings (SSSR count). The Balaban J connectivity index is 1.28. The summed E-state index contributed by atoms with van der Waals surface area (Å²) in [6.45, 7) is 4.13. The Bertz CT molecular complexity index is 1140. The van der Waals surface area contributed by atoms with Gasteiger partial charge < -0.3 is 9.64 Å². The first kappa shape index (κ1) is 22.7. The van der Waals surface area contributed by atoms with Crippen molar-refractivity contribution in [3.05, 3.63) is 58.6 Å². The Kier molecular flexibility index (Phi) is 6.14. The van der Waals surface area contributed by atoms with Crippen molar-refractivity contribution in [2.45, 2.75) is 48.3 Å². The molecule has 1 amide bonds. The number of carbonyl (C=O) groups is 1. The number of nitrogens with zero attached hydrogens (tertiary/aromatic N) is 2. The van der Waals surface area contributed by atoms with Gasteiger partial charge in [0.05, 0.1) is 11.5 Å². The maximum atomic E-state index is 13.7. The van der Waals surface area contributed by atoms with E-state index in [1.165, 1.54) is 23.3 Å². The lowest BCUT2D eigenvalue weighted by molar-refractivity contribution is -0.135. The molecule has 8 heteroatoms. The predicted octanol–water partition coefficient (Wildman–Crippen LogP) is 3.71. The zero-order valence-electron chi connectivity index (χ0n) is 18.6. The van der Waals surface area contributed by atoms with E-state index in [0.717, 1.165) is 51.3 Å². The number of amides is 1. The van der Waals surface area contributed by atoms with Crippen molar-refractivity contribution in [3.8, 4) is 5.75 Å². The molecule has 0 atom stereocenters. The number of hydrogen-bond donors (Lipinski definition) is 0. The molecule has 1 aliphatic carbocycles. The Morgan fingerprint density at radius 2 is 1.70 bits per heavy atom. The van der Waals surface area contributed by atoms with E-state index in [-0.39, 0.29) is 10.8 Å². The minimum Gasteiger partial charge on any atom is -0.493 e. The lowest BCUT2D eigenvalue weighted by Crippen LogP contribution is -2.57. The number of carbonyl (C=O) groups excluding carboxylic acids is 1. The number of fused-ring (bicyclic) bond motifs is 1. The third-order valence-corrected chi connectivity index (χ3v) is 10.0. The molecule has 33 heavy (non-hydrogen) atoms. The van der Waals surface area contributed by atoms with Crippen molar-refractivity contribution >= 4 is 27.3 Å². The van der Waals surface area contributed by atoms with Crippen molar-refractivity contribution in [2.75, 3.05) is 32.8 Å². The molecule has 2 aromatic rings. The first-order chi connectivity index (χ1) is 15.9. The largest absolute Gasteiger partial charge is 0.493 e. The second-order valence-corrected chi connectivity index (χ2v) is 12.0. The normalized spacial score (nSPS) is 20.5. The second-order valence-electron chi connectivity index (χ2n) is 9.27. The maximum Gasteiger partial charge on any atom is 0.244 e. The van der Waals surface area contributed by atoms with Crippen LogP contribution in [0.15, 0.2) is 47.4 Å². The van der Waals surface area contributed by atoms with Gasteiger partial charge in [0.15, 0.2) is 14.6 Å². The van der Waals surface area contributed by atoms with E-state index < -0.39 is 14.6 Å². The highest BCUT2D eigenvalue weighted by atomic mass is 35.5. The van der Waals surface area contributed by atoms with Gasteiger partial charge in [-0.05, 0) is 54.3 Å². The summed E-state index contributed by atoms with van der Waals surface area (Å²) >= 11 is 5.96. The molecular weight excluding hydrogens is 460 g/mol. The van der Waals surface area contributed by atoms with Gasteiger partial charge in [-0.15, -0.1) is 0 Å². The minimum atomic E-state index is -3.81. The number of piperazine rings is 1. The molecule has 0 N–H and O–H groups in total. The average molecular weight is 489 g/mol. The summed E-state index contributed by atoms with van der Waals surface area (Å²) in [7, 11) is -3.81. The standard InChI is InChI=1S/C25H29ClN2O4S/c26-21-4-6-22(7-5-21)33(30,31)25(10-1-2-11-25)24(29)28-14-12-27(13-15-28)18-19-3-8-23-20(17-19)9-16-32-23/h3-8,17H,1-2,9-16,18H2. The molecule has 1 saturated carbocycles. The van der Waals surface area contributed by atoms with Crippen LogP contribution < -0.4 is 4.74 Å². The summed E-state index contributed by atoms with van der Waals surface area (Å²) < 4.78 is 31.5. The molecule has 2 heterocycles. The SMILES string of the molecule is O=C(N1CCN(Cc2ccc3c(c2)CCO3)CC1)C1(S(=O)(=O)c2ccc(Cl)cc2)CCCC1. The molecule has 0 bridgehead atoms. The van der Waals surface area contributed by atoms with E-state index in [0.29, 0.717) is 31.0 Å². The zero-order valence-corrected chi connectivity index (χ0v) is 20.2. The smallest absolute Gasteiger partial charge is 0.244 e. The predicted molar refractivity (Wildman–Crippen MR) is 127 cm³/mol. The van der Waals surface area contributed by atoms with Gasteiger partial charge >= 0.3 is 0 Å². The Morgan fingerprint density at radius 3 is 2.39 bits per heavy atom. The van der Waals surface area contributed by atoms with Crippen LogP contribution in [0.5, 0.6) is 5.75 Å². The molecule has 0 spiro atoms. The van der Waals surface area contributed by atoms with Crippen LogP contribution >= 0.6 is 11.6 Å². The molecule has 176 valence electrons. The third kappa shape index (κ3) is 4.15. The number of rotatable bonds is 5. The maximum absolute atomic E-state index is 13.7. The number of benzene rings is 2. The van der Waals surface area contributed by atoms with Crippen LogP contribution in [-0.4, -0.2) is 61.7 Å². The number of halogens is 1. The monoisotopic (exact) mass is 488 g/mol. The van der Waals surface area contributed by atoms with E-state index in [1.54, 1.807) is 17.0 Å². The minimum absolute atomic E-state index is 0.182. The highest BCUT2D eigenvalue weighted by Gasteiger charge is 2.54. The molecule has 3 aliphatic rings. The van der Waals surface area contributed by atoms with E-state index in [1.807, 2.05) is 6.07 Å². The quantitative estimate of drug-likeness (QED) is 0.642. The Labute approximate surface area is 200 Å². The van der Waals surface area contributed by atoms with Crippen LogP contribution in [0.25, 0.3) is 0 Å². The summed E-state index contributed by atoms with van der Waals surface area (Å²) in [6, 6.07) is 12.6. The van der Waals surface area contributed by atoms with E-state index in [9.17, 15) is 13.2 Å². The number of sulfone groups is 1. The van der Waals surface area contributed by atoms with Gasteiger partial charge in [-0.1, -0.05) is 36.6 Å². The molecule has 0 radical (unpaired) electrons. The van der Waals surface area contributed by atoms with Gasteiger partial charge in [0, 0.05) is 44.2 Å². The fourth-order valence-electron chi connectivity index (χ4n) is 5.38. The van der Waals surface area contributed by atoms with Gasteiger partial charge in [-0.3, -0.25) is 9.69 Å². The molecule has 2 fully saturated rings. The molecular formula is C25H29ClN2O4S. The van der Waals surface area contributed by atoms with Gasteiger partial charge in [0.25, 0.3) is 0 Å². The summed E-state index contributed by atoms with van der Waals surface area (Å²) in [6.07, 6.45) is 3.22. The van der Waals surface area contributed by atoms with E-state index >= 15 is 0 Å². The first-order valence-electron chi connectivity index (χ1n) is 11.7. The Morgan fingerprint density at radius 1 is 1.00 bits per heavy atom. The van der Waals surface area contributed by atoms with E-state index in [4.69, 9.17) is 16.3 Å². The van der Waals surface area contributed by atoms with Gasteiger partial charge in [0.2, 0.25) is 5.91 Å². The van der Waals surface area contributed by atoms with Crippen molar-refractivity contribution < 1.29 is 17.9 Å². The zero-order chi connectivity index (χ0) is 23.1. The molecule has 1 saturated heterocycles. The highest BCUT2D eigenvalue weighted by Crippen LogP contribution is 2.42. The summed E-state index contributed by atoms with van der Waals surface area (Å²) in [5.74, 6) is 0.752. The molecule has 6 nitrogen and oxygen atoms in total.